The minimum absolute atomic E-state index is 0.0638. The lowest BCUT2D eigenvalue weighted by Crippen LogP contribution is -2.29. The highest BCUT2D eigenvalue weighted by atomic mass is 16.5. The molecule has 0 bridgehead atoms. The zero-order valence-electron chi connectivity index (χ0n) is 10.0. The van der Waals surface area contributed by atoms with Crippen LogP contribution in [-0.2, 0) is 9.53 Å². The minimum atomic E-state index is 0.0638. The maximum atomic E-state index is 11.2. The molecule has 0 aromatic rings. The van der Waals surface area contributed by atoms with Gasteiger partial charge in [-0.3, -0.25) is 4.79 Å². The lowest BCUT2D eigenvalue weighted by Gasteiger charge is -2.18. The Hall–Kier alpha value is -0.570. The van der Waals surface area contributed by atoms with Crippen molar-refractivity contribution in [2.45, 2.75) is 41.0 Å². The van der Waals surface area contributed by atoms with E-state index in [1.807, 2.05) is 13.8 Å². The van der Waals surface area contributed by atoms with Crippen molar-refractivity contribution in [2.75, 3.05) is 13.3 Å². The maximum absolute atomic E-state index is 11.2. The Morgan fingerprint density at radius 1 is 1.36 bits per heavy atom. The van der Waals surface area contributed by atoms with Gasteiger partial charge < -0.3 is 10.1 Å². The molecule has 14 heavy (non-hydrogen) atoms. The Labute approximate surface area is 87.2 Å². The van der Waals surface area contributed by atoms with Crippen molar-refractivity contribution in [3.8, 4) is 0 Å². The van der Waals surface area contributed by atoms with Gasteiger partial charge in [-0.05, 0) is 11.3 Å². The van der Waals surface area contributed by atoms with Crippen LogP contribution in [0.4, 0.5) is 0 Å². The molecular formula is C11H23NO2. The number of rotatable bonds is 5. The second-order valence-corrected chi connectivity index (χ2v) is 5.25. The van der Waals surface area contributed by atoms with E-state index in [9.17, 15) is 4.79 Å². The van der Waals surface area contributed by atoms with Crippen LogP contribution in [0.15, 0.2) is 0 Å². The Balaban J connectivity index is 3.41. The van der Waals surface area contributed by atoms with Crippen LogP contribution >= 0.6 is 0 Å². The van der Waals surface area contributed by atoms with E-state index in [1.165, 1.54) is 0 Å². The van der Waals surface area contributed by atoms with Gasteiger partial charge in [-0.2, -0.15) is 0 Å². The molecule has 0 aliphatic rings. The van der Waals surface area contributed by atoms with Crippen molar-refractivity contribution in [1.29, 1.82) is 0 Å². The summed E-state index contributed by atoms with van der Waals surface area (Å²) in [5, 5.41) is 2.73. The molecule has 84 valence electrons. The first-order chi connectivity index (χ1) is 6.31. The standard InChI is InChI=1S/C11H23NO2/c1-9(2)6-10(13)12-8-14-7-11(3,4)5/h9H,6-8H2,1-5H3,(H,12,13). The van der Waals surface area contributed by atoms with Crippen molar-refractivity contribution in [1.82, 2.24) is 5.32 Å². The van der Waals surface area contributed by atoms with Crippen LogP contribution < -0.4 is 5.32 Å². The van der Waals surface area contributed by atoms with Gasteiger partial charge in [-0.1, -0.05) is 34.6 Å². The first kappa shape index (κ1) is 13.4. The van der Waals surface area contributed by atoms with Crippen LogP contribution in [0.2, 0.25) is 0 Å². The van der Waals surface area contributed by atoms with Gasteiger partial charge in [0.25, 0.3) is 0 Å². The predicted octanol–water partition coefficient (Wildman–Crippen LogP) is 2.17. The minimum Gasteiger partial charge on any atom is -0.361 e. The fourth-order valence-electron chi connectivity index (χ4n) is 0.932. The highest BCUT2D eigenvalue weighted by molar-refractivity contribution is 5.75. The fraction of sp³-hybridized carbons (Fsp3) is 0.909. The summed E-state index contributed by atoms with van der Waals surface area (Å²) >= 11 is 0. The summed E-state index contributed by atoms with van der Waals surface area (Å²) in [5.41, 5.74) is 0.156. The smallest absolute Gasteiger partial charge is 0.222 e. The second kappa shape index (κ2) is 6.02. The molecule has 3 nitrogen and oxygen atoms in total. The van der Waals surface area contributed by atoms with Gasteiger partial charge in [0.2, 0.25) is 5.91 Å². The van der Waals surface area contributed by atoms with Crippen LogP contribution in [-0.4, -0.2) is 19.2 Å². The Kier molecular flexibility index (Phi) is 5.77. The van der Waals surface area contributed by atoms with E-state index in [1.54, 1.807) is 0 Å². The van der Waals surface area contributed by atoms with Crippen LogP contribution in [0.5, 0.6) is 0 Å². The van der Waals surface area contributed by atoms with E-state index in [4.69, 9.17) is 4.74 Å². The summed E-state index contributed by atoms with van der Waals surface area (Å²) in [6, 6.07) is 0. The van der Waals surface area contributed by atoms with Crippen molar-refractivity contribution in [2.24, 2.45) is 11.3 Å². The largest absolute Gasteiger partial charge is 0.361 e. The lowest BCUT2D eigenvalue weighted by molar-refractivity contribution is -0.123. The molecule has 1 N–H and O–H groups in total. The zero-order valence-corrected chi connectivity index (χ0v) is 10.0. The van der Waals surface area contributed by atoms with Crippen LogP contribution in [0, 0.1) is 11.3 Å². The number of nitrogens with one attached hydrogen (secondary N) is 1. The van der Waals surface area contributed by atoms with Crippen LogP contribution in [0.25, 0.3) is 0 Å². The van der Waals surface area contributed by atoms with Gasteiger partial charge >= 0.3 is 0 Å². The number of hydrogen-bond donors (Lipinski definition) is 1. The molecule has 0 rings (SSSR count). The Bertz CT molecular complexity index is 171. The maximum Gasteiger partial charge on any atom is 0.222 e. The van der Waals surface area contributed by atoms with Crippen molar-refractivity contribution in [3.05, 3.63) is 0 Å². The zero-order chi connectivity index (χ0) is 11.2. The van der Waals surface area contributed by atoms with E-state index in [0.29, 0.717) is 25.7 Å². The molecule has 0 saturated carbocycles. The number of carbonyl (C=O) groups excluding carboxylic acids is 1. The molecule has 0 aliphatic heterocycles. The third-order valence-corrected chi connectivity index (χ3v) is 1.50. The van der Waals surface area contributed by atoms with E-state index >= 15 is 0 Å². The molecule has 0 saturated heterocycles. The Morgan fingerprint density at radius 3 is 2.36 bits per heavy atom. The van der Waals surface area contributed by atoms with E-state index in [2.05, 4.69) is 26.1 Å². The average molecular weight is 201 g/mol. The monoisotopic (exact) mass is 201 g/mol. The molecule has 3 heteroatoms. The van der Waals surface area contributed by atoms with Crippen molar-refractivity contribution in [3.63, 3.8) is 0 Å². The van der Waals surface area contributed by atoms with Crippen LogP contribution in [0.3, 0.4) is 0 Å². The average Bonchev–Trinajstić information content (AvgIpc) is 1.95. The summed E-state index contributed by atoms with van der Waals surface area (Å²) in [6.45, 7) is 11.3. The summed E-state index contributed by atoms with van der Waals surface area (Å²) in [7, 11) is 0. The van der Waals surface area contributed by atoms with Gasteiger partial charge in [0.05, 0.1) is 6.61 Å². The molecule has 0 heterocycles. The SMILES string of the molecule is CC(C)CC(=O)NCOCC(C)(C)C. The number of amides is 1. The first-order valence-corrected chi connectivity index (χ1v) is 5.16. The summed E-state index contributed by atoms with van der Waals surface area (Å²) in [6.07, 6.45) is 0.568. The van der Waals surface area contributed by atoms with Gasteiger partial charge in [0.1, 0.15) is 6.73 Å². The van der Waals surface area contributed by atoms with Gasteiger partial charge in [-0.25, -0.2) is 0 Å². The first-order valence-electron chi connectivity index (χ1n) is 5.16. The second-order valence-electron chi connectivity index (χ2n) is 5.25. The van der Waals surface area contributed by atoms with Crippen LogP contribution in [0.1, 0.15) is 41.0 Å². The Morgan fingerprint density at radius 2 is 1.93 bits per heavy atom. The summed E-state index contributed by atoms with van der Waals surface area (Å²) < 4.78 is 5.32. The normalized spacial score (nSPS) is 11.9. The lowest BCUT2D eigenvalue weighted by atomic mass is 9.99. The van der Waals surface area contributed by atoms with Gasteiger partial charge in [-0.15, -0.1) is 0 Å². The molecule has 0 aromatic carbocycles. The highest BCUT2D eigenvalue weighted by Crippen LogP contribution is 2.12. The van der Waals surface area contributed by atoms with Gasteiger partial charge in [0, 0.05) is 6.42 Å². The molecule has 0 fully saturated rings. The predicted molar refractivity (Wildman–Crippen MR) is 57.9 cm³/mol. The molecule has 0 radical (unpaired) electrons. The molecule has 0 aromatic heterocycles. The van der Waals surface area contributed by atoms with E-state index in [-0.39, 0.29) is 11.3 Å². The molecular weight excluding hydrogens is 178 g/mol. The van der Waals surface area contributed by atoms with Gasteiger partial charge in [0.15, 0.2) is 0 Å². The third kappa shape index (κ3) is 9.52. The quantitative estimate of drug-likeness (QED) is 0.547. The fourth-order valence-corrected chi connectivity index (χ4v) is 0.932. The molecule has 0 spiro atoms. The molecule has 0 unspecified atom stereocenters. The molecule has 0 aliphatic carbocycles. The summed E-state index contributed by atoms with van der Waals surface area (Å²) in [4.78, 5) is 11.2. The molecule has 0 atom stereocenters. The number of ether oxygens (including phenoxy) is 1. The topological polar surface area (TPSA) is 38.3 Å². The number of carbonyl (C=O) groups is 1. The van der Waals surface area contributed by atoms with Crippen molar-refractivity contribution < 1.29 is 9.53 Å². The summed E-state index contributed by atoms with van der Waals surface area (Å²) in [5.74, 6) is 0.464. The number of hydrogen-bond acceptors (Lipinski definition) is 2. The molecule has 1 amide bonds. The highest BCUT2D eigenvalue weighted by Gasteiger charge is 2.10. The third-order valence-electron chi connectivity index (χ3n) is 1.50. The van der Waals surface area contributed by atoms with Crippen molar-refractivity contribution >= 4 is 5.91 Å². The van der Waals surface area contributed by atoms with E-state index in [0.717, 1.165) is 0 Å². The van der Waals surface area contributed by atoms with E-state index < -0.39 is 0 Å².